The number of benzene rings is 1. The fourth-order valence-electron chi connectivity index (χ4n) is 2.27. The Bertz CT molecular complexity index is 522. The van der Waals surface area contributed by atoms with E-state index in [1.54, 1.807) is 24.3 Å². The summed E-state index contributed by atoms with van der Waals surface area (Å²) >= 11 is 0. The van der Waals surface area contributed by atoms with Gasteiger partial charge < -0.3 is 0 Å². The number of hydrogen-bond donors (Lipinski definition) is 0. The van der Waals surface area contributed by atoms with Crippen molar-refractivity contribution in [1.82, 2.24) is 4.90 Å². The van der Waals surface area contributed by atoms with E-state index in [-0.39, 0.29) is 17.9 Å². The predicted octanol–water partition coefficient (Wildman–Crippen LogP) is 2.17. The molecule has 2 aliphatic rings. The summed E-state index contributed by atoms with van der Waals surface area (Å²) in [5.41, 5.74) is 1.03. The van der Waals surface area contributed by atoms with Crippen molar-refractivity contribution in [2.45, 2.75) is 12.5 Å². The van der Waals surface area contributed by atoms with E-state index in [9.17, 15) is 9.59 Å². The Kier molecular flexibility index (Phi) is 2.18. The summed E-state index contributed by atoms with van der Waals surface area (Å²) in [6.07, 6.45) is 8.35. The van der Waals surface area contributed by atoms with Crippen LogP contribution in [0.4, 0.5) is 0 Å². The lowest BCUT2D eigenvalue weighted by molar-refractivity contribution is 0.0615. The van der Waals surface area contributed by atoms with Crippen LogP contribution in [0.25, 0.3) is 0 Å². The van der Waals surface area contributed by atoms with Crippen molar-refractivity contribution in [3.8, 4) is 0 Å². The third kappa shape index (κ3) is 1.43. The average Bonchev–Trinajstić information content (AvgIpc) is 2.64. The highest BCUT2D eigenvalue weighted by Gasteiger charge is 2.38. The maximum atomic E-state index is 12.2. The summed E-state index contributed by atoms with van der Waals surface area (Å²) in [4.78, 5) is 25.7. The molecule has 0 aromatic heterocycles. The van der Waals surface area contributed by atoms with Crippen molar-refractivity contribution in [3.63, 3.8) is 0 Å². The molecule has 1 heterocycles. The first-order valence-electron chi connectivity index (χ1n) is 5.59. The van der Waals surface area contributed by atoms with Gasteiger partial charge in [-0.1, -0.05) is 36.4 Å². The molecule has 1 aliphatic heterocycles. The largest absolute Gasteiger partial charge is 0.269 e. The fraction of sp³-hybridized carbons (Fsp3) is 0.143. The average molecular weight is 225 g/mol. The zero-order chi connectivity index (χ0) is 11.8. The molecular formula is C14H11NO2. The van der Waals surface area contributed by atoms with E-state index in [1.807, 2.05) is 24.3 Å². The normalized spacial score (nSPS) is 22.1. The Balaban J connectivity index is 2.00. The molecule has 0 saturated heterocycles. The zero-order valence-electron chi connectivity index (χ0n) is 9.17. The molecule has 0 unspecified atom stereocenters. The van der Waals surface area contributed by atoms with Gasteiger partial charge in [-0.2, -0.15) is 0 Å². The van der Waals surface area contributed by atoms with Gasteiger partial charge in [0.05, 0.1) is 17.2 Å². The van der Waals surface area contributed by atoms with E-state index >= 15 is 0 Å². The van der Waals surface area contributed by atoms with Crippen molar-refractivity contribution < 1.29 is 9.59 Å². The molecule has 1 atom stereocenters. The van der Waals surface area contributed by atoms with Gasteiger partial charge in [-0.3, -0.25) is 14.5 Å². The highest BCUT2D eigenvalue weighted by Crippen LogP contribution is 2.26. The third-order valence-electron chi connectivity index (χ3n) is 3.12. The number of carbonyl (C=O) groups excluding carboxylic acids is 2. The van der Waals surface area contributed by atoms with Gasteiger partial charge in [-0.15, -0.1) is 0 Å². The Morgan fingerprint density at radius 3 is 2.18 bits per heavy atom. The van der Waals surface area contributed by atoms with Gasteiger partial charge in [0.2, 0.25) is 0 Å². The molecule has 0 radical (unpaired) electrons. The number of nitrogens with zero attached hydrogens (tertiary/aromatic N) is 1. The number of amides is 2. The Morgan fingerprint density at radius 2 is 1.65 bits per heavy atom. The number of fused-ring (bicyclic) bond motifs is 1. The first-order valence-corrected chi connectivity index (χ1v) is 5.59. The second kappa shape index (κ2) is 3.70. The van der Waals surface area contributed by atoms with Gasteiger partial charge in [-0.25, -0.2) is 0 Å². The van der Waals surface area contributed by atoms with Crippen LogP contribution in [-0.2, 0) is 0 Å². The maximum absolute atomic E-state index is 12.2. The van der Waals surface area contributed by atoms with E-state index in [2.05, 4.69) is 0 Å². The number of hydrogen-bond acceptors (Lipinski definition) is 2. The monoisotopic (exact) mass is 225 g/mol. The lowest BCUT2D eigenvalue weighted by atomic mass is 10.1. The van der Waals surface area contributed by atoms with E-state index in [4.69, 9.17) is 0 Å². The molecule has 0 spiro atoms. The van der Waals surface area contributed by atoms with Crippen LogP contribution in [0.2, 0.25) is 0 Å². The molecule has 3 heteroatoms. The van der Waals surface area contributed by atoms with Gasteiger partial charge in [0.25, 0.3) is 11.8 Å². The van der Waals surface area contributed by atoms with Crippen LogP contribution in [0.5, 0.6) is 0 Å². The summed E-state index contributed by atoms with van der Waals surface area (Å²) in [7, 11) is 0. The van der Waals surface area contributed by atoms with E-state index < -0.39 is 0 Å². The minimum Gasteiger partial charge on any atom is -0.269 e. The van der Waals surface area contributed by atoms with Crippen LogP contribution in [0.15, 0.2) is 48.6 Å². The number of allylic oxidation sites excluding steroid dienone is 2. The summed E-state index contributed by atoms with van der Waals surface area (Å²) < 4.78 is 0. The van der Waals surface area contributed by atoms with Crippen LogP contribution in [0.3, 0.4) is 0 Å². The molecule has 0 N–H and O–H groups in total. The standard InChI is InChI=1S/C14H11NO2/c16-13-11-8-4-5-9-12(11)14(17)15(13)10-6-2-1-3-7-10/h1-6,8-10H,7H2/t10-/m0/s1. The Morgan fingerprint density at radius 1 is 1.00 bits per heavy atom. The molecular weight excluding hydrogens is 214 g/mol. The van der Waals surface area contributed by atoms with Gasteiger partial charge >= 0.3 is 0 Å². The summed E-state index contributed by atoms with van der Waals surface area (Å²) in [5, 5.41) is 0. The molecule has 0 saturated carbocycles. The highest BCUT2D eigenvalue weighted by molar-refractivity contribution is 6.21. The molecule has 1 aromatic rings. The van der Waals surface area contributed by atoms with E-state index in [0.29, 0.717) is 17.5 Å². The van der Waals surface area contributed by atoms with Crippen molar-refractivity contribution in [2.24, 2.45) is 0 Å². The van der Waals surface area contributed by atoms with Crippen LogP contribution in [0.1, 0.15) is 27.1 Å². The van der Waals surface area contributed by atoms with Crippen molar-refractivity contribution in [3.05, 3.63) is 59.7 Å². The molecule has 84 valence electrons. The minimum atomic E-state index is -0.185. The Labute approximate surface area is 99.0 Å². The number of carbonyl (C=O) groups is 2. The fourth-order valence-corrected chi connectivity index (χ4v) is 2.27. The number of rotatable bonds is 1. The molecule has 0 fully saturated rings. The van der Waals surface area contributed by atoms with E-state index in [1.165, 1.54) is 4.90 Å². The minimum absolute atomic E-state index is 0.146. The highest BCUT2D eigenvalue weighted by atomic mass is 16.2. The molecule has 3 rings (SSSR count). The first kappa shape index (κ1) is 10.0. The molecule has 1 aromatic carbocycles. The molecule has 3 nitrogen and oxygen atoms in total. The van der Waals surface area contributed by atoms with Crippen LogP contribution < -0.4 is 0 Å². The van der Waals surface area contributed by atoms with Crippen molar-refractivity contribution in [1.29, 1.82) is 0 Å². The van der Waals surface area contributed by atoms with Gasteiger partial charge in [0.15, 0.2) is 0 Å². The van der Waals surface area contributed by atoms with Crippen LogP contribution in [-0.4, -0.2) is 22.8 Å². The third-order valence-corrected chi connectivity index (χ3v) is 3.12. The smallest absolute Gasteiger partial charge is 0.262 e. The second-order valence-electron chi connectivity index (χ2n) is 4.14. The number of imide groups is 1. The topological polar surface area (TPSA) is 37.4 Å². The second-order valence-corrected chi connectivity index (χ2v) is 4.14. The summed E-state index contributed by atoms with van der Waals surface area (Å²) in [6.45, 7) is 0. The van der Waals surface area contributed by atoms with Crippen molar-refractivity contribution in [2.75, 3.05) is 0 Å². The quantitative estimate of drug-likeness (QED) is 0.687. The SMILES string of the molecule is O=C1c2ccccc2C(=O)N1[C@H]1C=CC=CC1. The van der Waals surface area contributed by atoms with Gasteiger partial charge in [0, 0.05) is 0 Å². The van der Waals surface area contributed by atoms with Crippen LogP contribution in [0, 0.1) is 0 Å². The predicted molar refractivity (Wildman–Crippen MR) is 63.6 cm³/mol. The van der Waals surface area contributed by atoms with Crippen LogP contribution >= 0.6 is 0 Å². The summed E-state index contributed by atoms with van der Waals surface area (Å²) in [6, 6.07) is 6.83. The zero-order valence-corrected chi connectivity index (χ0v) is 9.17. The van der Waals surface area contributed by atoms with E-state index in [0.717, 1.165) is 0 Å². The maximum Gasteiger partial charge on any atom is 0.262 e. The molecule has 2 amide bonds. The van der Waals surface area contributed by atoms with Crippen molar-refractivity contribution >= 4 is 11.8 Å². The first-order chi connectivity index (χ1) is 8.29. The van der Waals surface area contributed by atoms with Gasteiger partial charge in [0.1, 0.15) is 0 Å². The lowest BCUT2D eigenvalue weighted by Crippen LogP contribution is -2.38. The molecule has 17 heavy (non-hydrogen) atoms. The summed E-state index contributed by atoms with van der Waals surface area (Å²) in [5.74, 6) is -0.369. The van der Waals surface area contributed by atoms with Gasteiger partial charge in [-0.05, 0) is 18.6 Å². The Hall–Kier alpha value is -2.16. The lowest BCUT2D eigenvalue weighted by Gasteiger charge is -2.23. The molecule has 0 bridgehead atoms. The molecule has 1 aliphatic carbocycles.